The summed E-state index contributed by atoms with van der Waals surface area (Å²) >= 11 is 6.10. The Hall–Kier alpha value is -1.45. The average Bonchev–Trinajstić information content (AvgIpc) is 3.35. The van der Waals surface area contributed by atoms with E-state index in [1.165, 1.54) is 33.5 Å². The number of ether oxygens (including phenoxy) is 1. The van der Waals surface area contributed by atoms with Crippen LogP contribution < -0.4 is 4.74 Å². The van der Waals surface area contributed by atoms with Gasteiger partial charge in [-0.15, -0.1) is 29.3 Å². The number of hydrogen-bond donors (Lipinski definition) is 0. The molecule has 0 aliphatic heterocycles. The zero-order valence-corrected chi connectivity index (χ0v) is 21.1. The van der Waals surface area contributed by atoms with E-state index >= 15 is 0 Å². The van der Waals surface area contributed by atoms with Gasteiger partial charge in [-0.25, -0.2) is 9.78 Å². The molecule has 0 bridgehead atoms. The summed E-state index contributed by atoms with van der Waals surface area (Å²) in [5, 5.41) is 2.66. The Kier molecular flexibility index (Phi) is 8.38. The van der Waals surface area contributed by atoms with Gasteiger partial charge in [0.2, 0.25) is 0 Å². The maximum Gasteiger partial charge on any atom is 0.119 e. The van der Waals surface area contributed by atoms with Crippen LogP contribution in [0, 0.1) is 2.88 Å². The Morgan fingerprint density at radius 3 is 2.29 bits per heavy atom. The number of unbranched alkanes of at least 4 members (excludes halogenated alkanes) is 3. The molecule has 0 aliphatic carbocycles. The van der Waals surface area contributed by atoms with Crippen molar-refractivity contribution in [2.24, 2.45) is 0 Å². The van der Waals surface area contributed by atoms with Crippen molar-refractivity contribution >= 4 is 65.4 Å². The highest BCUT2D eigenvalue weighted by molar-refractivity contribution is 14.1. The van der Waals surface area contributed by atoms with Crippen LogP contribution in [0.25, 0.3) is 30.6 Å². The minimum Gasteiger partial charge on any atom is -0.494 e. The van der Waals surface area contributed by atoms with Crippen LogP contribution in [-0.4, -0.2) is 19.8 Å². The largest absolute Gasteiger partial charge is 0.494 e. The van der Waals surface area contributed by atoms with Crippen molar-refractivity contribution in [2.75, 3.05) is 19.8 Å². The van der Waals surface area contributed by atoms with Crippen LogP contribution in [0.4, 0.5) is 0 Å². The van der Waals surface area contributed by atoms with Crippen LogP contribution in [0.1, 0.15) is 25.7 Å². The van der Waals surface area contributed by atoms with E-state index in [-0.39, 0.29) is 0 Å². The molecule has 162 valence electrons. The highest BCUT2D eigenvalue weighted by Gasteiger charge is 2.08. The fourth-order valence-electron chi connectivity index (χ4n) is 3.36. The third-order valence-corrected chi connectivity index (χ3v) is 7.93. The van der Waals surface area contributed by atoms with Gasteiger partial charge in [0, 0.05) is 14.3 Å². The van der Waals surface area contributed by atoms with Gasteiger partial charge in [-0.1, -0.05) is 12.5 Å². The molecule has 3 nitrogen and oxygen atoms in total. The summed E-state index contributed by atoms with van der Waals surface area (Å²) in [5.41, 5.74) is 1.24. The highest BCUT2D eigenvalue weighted by atomic mass is 127. The van der Waals surface area contributed by atoms with E-state index in [2.05, 4.69) is 77.7 Å². The molecule has 0 aliphatic rings. The Morgan fingerprint density at radius 1 is 0.806 bits per heavy atom. The second-order valence-corrected chi connectivity index (χ2v) is 11.3. The van der Waals surface area contributed by atoms with Crippen molar-refractivity contribution in [2.45, 2.75) is 25.7 Å². The topological polar surface area (TPSA) is 27.7 Å². The van der Waals surface area contributed by atoms with Gasteiger partial charge in [0.25, 0.3) is 0 Å². The van der Waals surface area contributed by atoms with Crippen molar-refractivity contribution < 1.29 is 14.5 Å². The lowest BCUT2D eigenvalue weighted by molar-refractivity contribution is -0.286. The van der Waals surface area contributed by atoms with Gasteiger partial charge in [0.1, 0.15) is 12.4 Å². The molecule has 0 saturated heterocycles. The molecule has 0 spiro atoms. The molecule has 4 rings (SSSR count). The fourth-order valence-corrected chi connectivity index (χ4v) is 6.32. The standard InChI is InChI=1S/C25H25IO3S2/c1-2-11-28-29-13-6-4-3-5-12-27-21-9-7-18(8-10-21)22-14-19-15-24-20(16-23(19)30-22)17-25(26)31-24/h2,7-10,14-17H,1,3-6,11-13H2. The molecule has 0 fully saturated rings. The Balaban J connectivity index is 1.24. The summed E-state index contributed by atoms with van der Waals surface area (Å²) in [4.78, 5) is 11.2. The maximum atomic E-state index is 5.91. The Bertz CT molecular complexity index is 1080. The van der Waals surface area contributed by atoms with E-state index in [0.29, 0.717) is 13.2 Å². The molecular weight excluding hydrogens is 539 g/mol. The van der Waals surface area contributed by atoms with Gasteiger partial charge >= 0.3 is 0 Å². The molecule has 0 radical (unpaired) electrons. The first kappa shape index (κ1) is 22.7. The molecular formula is C25H25IO3S2. The second kappa shape index (κ2) is 11.4. The summed E-state index contributed by atoms with van der Waals surface area (Å²) < 4.78 is 9.94. The lowest BCUT2D eigenvalue weighted by atomic mass is 10.1. The predicted molar refractivity (Wildman–Crippen MR) is 141 cm³/mol. The zero-order chi connectivity index (χ0) is 21.5. The monoisotopic (exact) mass is 564 g/mol. The molecule has 4 aromatic rings. The number of rotatable bonds is 12. The van der Waals surface area contributed by atoms with E-state index in [9.17, 15) is 0 Å². The first-order valence-electron chi connectivity index (χ1n) is 10.4. The lowest BCUT2D eigenvalue weighted by Crippen LogP contribution is -1.99. The smallest absolute Gasteiger partial charge is 0.119 e. The van der Waals surface area contributed by atoms with Gasteiger partial charge in [-0.2, -0.15) is 0 Å². The van der Waals surface area contributed by atoms with Gasteiger partial charge in [-0.3, -0.25) is 0 Å². The van der Waals surface area contributed by atoms with E-state index in [4.69, 9.17) is 14.5 Å². The summed E-state index contributed by atoms with van der Waals surface area (Å²) in [6, 6.07) is 17.7. The van der Waals surface area contributed by atoms with Crippen LogP contribution in [0.2, 0.25) is 0 Å². The Labute approximate surface area is 204 Å². The highest BCUT2D eigenvalue weighted by Crippen LogP contribution is 2.38. The van der Waals surface area contributed by atoms with Crippen LogP contribution >= 0.6 is 45.3 Å². The Morgan fingerprint density at radius 2 is 1.52 bits per heavy atom. The number of benzene rings is 2. The zero-order valence-electron chi connectivity index (χ0n) is 17.3. The normalized spacial score (nSPS) is 11.4. The van der Waals surface area contributed by atoms with Gasteiger partial charge in [-0.05, 0) is 107 Å². The molecule has 0 saturated carbocycles. The molecule has 31 heavy (non-hydrogen) atoms. The predicted octanol–water partition coefficient (Wildman–Crippen LogP) is 8.46. The average molecular weight is 565 g/mol. The van der Waals surface area contributed by atoms with E-state index < -0.39 is 0 Å². The third-order valence-electron chi connectivity index (χ3n) is 4.92. The summed E-state index contributed by atoms with van der Waals surface area (Å²) in [5.74, 6) is 0.932. The minimum absolute atomic E-state index is 0.438. The first-order chi connectivity index (χ1) is 15.2. The minimum atomic E-state index is 0.438. The number of thiophene rings is 2. The molecule has 2 heterocycles. The van der Waals surface area contributed by atoms with E-state index in [1.54, 1.807) is 6.08 Å². The van der Waals surface area contributed by atoms with Crippen molar-refractivity contribution in [3.8, 4) is 16.2 Å². The van der Waals surface area contributed by atoms with Crippen LogP contribution in [0.15, 0.2) is 61.2 Å². The molecule has 0 atom stereocenters. The van der Waals surface area contributed by atoms with Crippen molar-refractivity contribution in [1.82, 2.24) is 0 Å². The van der Waals surface area contributed by atoms with Gasteiger partial charge in [0.05, 0.1) is 16.1 Å². The van der Waals surface area contributed by atoms with Crippen molar-refractivity contribution in [3.63, 3.8) is 0 Å². The number of halogens is 1. The van der Waals surface area contributed by atoms with Crippen molar-refractivity contribution in [3.05, 3.63) is 64.1 Å². The number of fused-ring (bicyclic) bond motifs is 2. The lowest BCUT2D eigenvalue weighted by Gasteiger charge is -2.07. The first-order valence-corrected chi connectivity index (χ1v) is 13.2. The molecule has 6 heteroatoms. The van der Waals surface area contributed by atoms with Gasteiger partial charge in [0.15, 0.2) is 0 Å². The maximum absolute atomic E-state index is 5.91. The molecule has 0 unspecified atom stereocenters. The quantitative estimate of drug-likeness (QED) is 0.0568. The fraction of sp³-hybridized carbons (Fsp3) is 0.280. The summed E-state index contributed by atoms with van der Waals surface area (Å²) in [6.07, 6.45) is 5.96. The summed E-state index contributed by atoms with van der Waals surface area (Å²) in [7, 11) is 0. The van der Waals surface area contributed by atoms with Gasteiger partial charge < -0.3 is 4.74 Å². The van der Waals surface area contributed by atoms with E-state index in [0.717, 1.165) is 38.0 Å². The molecule has 2 aromatic heterocycles. The van der Waals surface area contributed by atoms with Crippen LogP contribution in [0.5, 0.6) is 5.75 Å². The second-order valence-electron chi connectivity index (χ2n) is 7.27. The third kappa shape index (κ3) is 6.29. The molecule has 0 N–H and O–H groups in total. The SMILES string of the molecule is C=CCOOCCCCCCOc1ccc(-c2cc3cc4sc(I)cc4cc3s2)cc1. The molecule has 2 aromatic carbocycles. The summed E-state index contributed by atoms with van der Waals surface area (Å²) in [6.45, 7) is 5.38. The van der Waals surface area contributed by atoms with Crippen molar-refractivity contribution in [1.29, 1.82) is 0 Å². The van der Waals surface area contributed by atoms with E-state index in [1.807, 2.05) is 22.7 Å². The molecule has 0 amide bonds. The van der Waals surface area contributed by atoms with Crippen LogP contribution in [0.3, 0.4) is 0 Å². The van der Waals surface area contributed by atoms with Crippen LogP contribution in [-0.2, 0) is 9.78 Å². The number of hydrogen-bond acceptors (Lipinski definition) is 5.